The predicted molar refractivity (Wildman–Crippen MR) is 218 cm³/mol. The van der Waals surface area contributed by atoms with Gasteiger partial charge >= 0.3 is 0 Å². The standard InChI is InChI=1S/C50H35N/c1-3-13-42(14-4-1)50-48-18-10-9-12-40(48)29-34-49(50)41-27-32-47(33-28-41)51(45-16-5-2-6-17-45)46-30-25-38(26-31-46)37-19-21-39(22-20-37)44-24-23-36-11-7-8-15-43(36)35-44/h1-35H. The lowest BCUT2D eigenvalue weighted by molar-refractivity contribution is 1.28. The molecular weight excluding hydrogens is 615 g/mol. The molecule has 0 fully saturated rings. The van der Waals surface area contributed by atoms with E-state index in [2.05, 4.69) is 217 Å². The zero-order valence-electron chi connectivity index (χ0n) is 28.2. The maximum absolute atomic E-state index is 2.33. The zero-order valence-corrected chi connectivity index (χ0v) is 28.2. The van der Waals surface area contributed by atoms with Gasteiger partial charge in [-0.3, -0.25) is 0 Å². The average Bonchev–Trinajstić information content (AvgIpc) is 3.22. The van der Waals surface area contributed by atoms with E-state index in [1.54, 1.807) is 0 Å². The second-order valence-corrected chi connectivity index (χ2v) is 13.0. The van der Waals surface area contributed by atoms with E-state index in [-0.39, 0.29) is 0 Å². The van der Waals surface area contributed by atoms with Gasteiger partial charge in [0.15, 0.2) is 0 Å². The van der Waals surface area contributed by atoms with Crippen LogP contribution in [0.25, 0.3) is 66.1 Å². The normalized spacial score (nSPS) is 11.1. The molecule has 0 N–H and O–H groups in total. The van der Waals surface area contributed by atoms with Gasteiger partial charge in [0.05, 0.1) is 0 Å². The van der Waals surface area contributed by atoms with Crippen molar-refractivity contribution in [1.82, 2.24) is 0 Å². The first-order valence-corrected chi connectivity index (χ1v) is 17.5. The van der Waals surface area contributed by atoms with E-state index >= 15 is 0 Å². The maximum Gasteiger partial charge on any atom is 0.0462 e. The van der Waals surface area contributed by atoms with Gasteiger partial charge in [0.25, 0.3) is 0 Å². The summed E-state index contributed by atoms with van der Waals surface area (Å²) in [4.78, 5) is 2.33. The molecule has 0 atom stereocenters. The van der Waals surface area contributed by atoms with Crippen molar-refractivity contribution in [3.63, 3.8) is 0 Å². The highest BCUT2D eigenvalue weighted by atomic mass is 15.1. The monoisotopic (exact) mass is 649 g/mol. The minimum atomic E-state index is 1.11. The van der Waals surface area contributed by atoms with Crippen molar-refractivity contribution in [3.8, 4) is 44.5 Å². The van der Waals surface area contributed by atoms with Crippen molar-refractivity contribution in [1.29, 1.82) is 0 Å². The summed E-state index contributed by atoms with van der Waals surface area (Å²) in [6.07, 6.45) is 0. The van der Waals surface area contributed by atoms with Crippen LogP contribution in [0.4, 0.5) is 17.1 Å². The van der Waals surface area contributed by atoms with Crippen LogP contribution in [0.1, 0.15) is 0 Å². The van der Waals surface area contributed by atoms with Gasteiger partial charge in [-0.15, -0.1) is 0 Å². The number of anilines is 3. The summed E-state index contributed by atoms with van der Waals surface area (Å²) in [5.41, 5.74) is 13.1. The fourth-order valence-corrected chi connectivity index (χ4v) is 7.27. The van der Waals surface area contributed by atoms with Gasteiger partial charge in [-0.05, 0) is 109 Å². The molecule has 0 spiro atoms. The molecular formula is C50H35N. The van der Waals surface area contributed by atoms with E-state index in [4.69, 9.17) is 0 Å². The van der Waals surface area contributed by atoms with Crippen molar-refractivity contribution < 1.29 is 0 Å². The van der Waals surface area contributed by atoms with E-state index in [0.717, 1.165) is 17.1 Å². The van der Waals surface area contributed by atoms with Crippen molar-refractivity contribution >= 4 is 38.6 Å². The van der Waals surface area contributed by atoms with E-state index < -0.39 is 0 Å². The quantitative estimate of drug-likeness (QED) is 0.166. The van der Waals surface area contributed by atoms with E-state index in [1.807, 2.05) is 0 Å². The molecule has 0 saturated carbocycles. The number of nitrogens with zero attached hydrogens (tertiary/aromatic N) is 1. The third-order valence-corrected chi connectivity index (χ3v) is 9.87. The van der Waals surface area contributed by atoms with E-state index in [9.17, 15) is 0 Å². The van der Waals surface area contributed by atoms with Crippen molar-refractivity contribution in [3.05, 3.63) is 212 Å². The largest absolute Gasteiger partial charge is 0.311 e. The number of benzene rings is 9. The van der Waals surface area contributed by atoms with Crippen molar-refractivity contribution in [2.24, 2.45) is 0 Å². The van der Waals surface area contributed by atoms with Crippen LogP contribution in [0.15, 0.2) is 212 Å². The van der Waals surface area contributed by atoms with Crippen LogP contribution >= 0.6 is 0 Å². The number of fused-ring (bicyclic) bond motifs is 2. The third-order valence-electron chi connectivity index (χ3n) is 9.87. The molecule has 0 saturated heterocycles. The molecule has 0 bridgehead atoms. The highest BCUT2D eigenvalue weighted by Crippen LogP contribution is 2.41. The zero-order chi connectivity index (χ0) is 34.0. The molecule has 1 heteroatoms. The maximum atomic E-state index is 2.33. The second kappa shape index (κ2) is 13.3. The molecule has 0 aliphatic rings. The number of hydrogen-bond donors (Lipinski definition) is 0. The summed E-state index contributed by atoms with van der Waals surface area (Å²) in [5.74, 6) is 0. The molecule has 9 aromatic carbocycles. The molecule has 0 radical (unpaired) electrons. The molecule has 0 heterocycles. The van der Waals surface area contributed by atoms with Gasteiger partial charge < -0.3 is 4.90 Å². The molecule has 1 nitrogen and oxygen atoms in total. The molecule has 9 rings (SSSR count). The number of hydrogen-bond acceptors (Lipinski definition) is 1. The molecule has 9 aromatic rings. The summed E-state index contributed by atoms with van der Waals surface area (Å²) in [5, 5.41) is 5.04. The molecule has 0 unspecified atom stereocenters. The summed E-state index contributed by atoms with van der Waals surface area (Å²) in [6, 6.07) is 76.5. The Morgan fingerprint density at radius 2 is 0.706 bits per heavy atom. The van der Waals surface area contributed by atoms with Crippen LogP contribution in [0.2, 0.25) is 0 Å². The first-order valence-electron chi connectivity index (χ1n) is 17.5. The molecule has 0 aliphatic carbocycles. The molecule has 0 aromatic heterocycles. The Hall–Kier alpha value is -6.70. The topological polar surface area (TPSA) is 3.24 Å². The van der Waals surface area contributed by atoms with Gasteiger partial charge in [0.1, 0.15) is 0 Å². The highest BCUT2D eigenvalue weighted by Gasteiger charge is 2.15. The Morgan fingerprint density at radius 3 is 1.37 bits per heavy atom. The van der Waals surface area contributed by atoms with Crippen LogP contribution in [-0.2, 0) is 0 Å². The Morgan fingerprint density at radius 1 is 0.255 bits per heavy atom. The van der Waals surface area contributed by atoms with Gasteiger partial charge in [0.2, 0.25) is 0 Å². The Balaban J connectivity index is 1.04. The smallest absolute Gasteiger partial charge is 0.0462 e. The molecule has 240 valence electrons. The Bertz CT molecular complexity index is 2590. The minimum absolute atomic E-state index is 1.11. The Kier molecular flexibility index (Phi) is 7.92. The minimum Gasteiger partial charge on any atom is -0.311 e. The lowest BCUT2D eigenvalue weighted by Crippen LogP contribution is -2.09. The summed E-state index contributed by atoms with van der Waals surface area (Å²) >= 11 is 0. The summed E-state index contributed by atoms with van der Waals surface area (Å²) < 4.78 is 0. The first-order chi connectivity index (χ1) is 25.3. The van der Waals surface area contributed by atoms with Crippen molar-refractivity contribution in [2.45, 2.75) is 0 Å². The summed E-state index contributed by atoms with van der Waals surface area (Å²) in [6.45, 7) is 0. The van der Waals surface area contributed by atoms with Crippen LogP contribution < -0.4 is 4.90 Å². The van der Waals surface area contributed by atoms with Crippen LogP contribution in [-0.4, -0.2) is 0 Å². The van der Waals surface area contributed by atoms with Gasteiger partial charge in [-0.25, -0.2) is 0 Å². The first kappa shape index (κ1) is 30.4. The predicted octanol–water partition coefficient (Wildman–Crippen LogP) is 14.1. The van der Waals surface area contributed by atoms with Crippen LogP contribution in [0.5, 0.6) is 0 Å². The SMILES string of the molecule is c1ccc(-c2c(-c3ccc(N(c4ccccc4)c4ccc(-c5ccc(-c6ccc7ccccc7c6)cc5)cc4)cc3)ccc3ccccc23)cc1. The highest BCUT2D eigenvalue weighted by molar-refractivity contribution is 6.04. The third kappa shape index (κ3) is 5.96. The molecule has 0 amide bonds. The fraction of sp³-hybridized carbons (Fsp3) is 0. The number of rotatable bonds is 7. The molecule has 0 aliphatic heterocycles. The van der Waals surface area contributed by atoms with Crippen LogP contribution in [0, 0.1) is 0 Å². The lowest BCUT2D eigenvalue weighted by Gasteiger charge is -2.26. The molecule has 51 heavy (non-hydrogen) atoms. The van der Waals surface area contributed by atoms with Gasteiger partial charge in [0, 0.05) is 17.1 Å². The van der Waals surface area contributed by atoms with Gasteiger partial charge in [-0.2, -0.15) is 0 Å². The number of para-hydroxylation sites is 1. The van der Waals surface area contributed by atoms with E-state index in [1.165, 1.54) is 66.1 Å². The van der Waals surface area contributed by atoms with E-state index in [0.29, 0.717) is 0 Å². The van der Waals surface area contributed by atoms with Crippen LogP contribution in [0.3, 0.4) is 0 Å². The van der Waals surface area contributed by atoms with Gasteiger partial charge in [-0.1, -0.05) is 170 Å². The summed E-state index contributed by atoms with van der Waals surface area (Å²) in [7, 11) is 0. The van der Waals surface area contributed by atoms with Crippen molar-refractivity contribution in [2.75, 3.05) is 4.90 Å². The fourth-order valence-electron chi connectivity index (χ4n) is 7.27. The lowest BCUT2D eigenvalue weighted by atomic mass is 9.90. The second-order valence-electron chi connectivity index (χ2n) is 13.0. The Labute approximate surface area is 299 Å². The average molecular weight is 650 g/mol.